The second kappa shape index (κ2) is 9.21. The first-order valence-corrected chi connectivity index (χ1v) is 11.7. The molecule has 1 N–H and O–H groups in total. The smallest absolute Gasteiger partial charge is 0.248 e. The van der Waals surface area contributed by atoms with Gasteiger partial charge in [0.1, 0.15) is 17.0 Å². The van der Waals surface area contributed by atoms with Gasteiger partial charge in [0, 0.05) is 27.9 Å². The van der Waals surface area contributed by atoms with E-state index in [1.54, 1.807) is 36.4 Å². The number of hydrogen-bond acceptors (Lipinski definition) is 4. The van der Waals surface area contributed by atoms with Gasteiger partial charge in [0.05, 0.1) is 0 Å². The highest BCUT2D eigenvalue weighted by molar-refractivity contribution is 6.30. The molecule has 6 rings (SSSR count). The summed E-state index contributed by atoms with van der Waals surface area (Å²) in [5.41, 5.74) is 3.75. The van der Waals surface area contributed by atoms with E-state index in [1.165, 1.54) is 6.08 Å². The Morgan fingerprint density at radius 1 is 0.806 bits per heavy atom. The third kappa shape index (κ3) is 4.52. The molecule has 6 aromatic rings. The van der Waals surface area contributed by atoms with Crippen LogP contribution in [0.25, 0.3) is 50.7 Å². The molecule has 0 atom stereocenters. The molecule has 6 heteroatoms. The summed E-state index contributed by atoms with van der Waals surface area (Å²) >= 11 is 5.94. The number of carbonyl (C=O) groups excluding carboxylic acids is 1. The van der Waals surface area contributed by atoms with Crippen LogP contribution in [-0.4, -0.2) is 10.9 Å². The normalized spacial score (nSPS) is 11.5. The Morgan fingerprint density at radius 2 is 1.61 bits per heavy atom. The van der Waals surface area contributed by atoms with Gasteiger partial charge in [-0.05, 0) is 83.6 Å². The number of benzene rings is 4. The van der Waals surface area contributed by atoms with Gasteiger partial charge in [-0.15, -0.1) is 0 Å². The summed E-state index contributed by atoms with van der Waals surface area (Å²) in [7, 11) is 0. The van der Waals surface area contributed by atoms with Crippen molar-refractivity contribution in [1.29, 1.82) is 0 Å². The number of nitrogens with zero attached hydrogens (tertiary/aromatic N) is 1. The minimum Gasteiger partial charge on any atom is -0.457 e. The molecule has 36 heavy (non-hydrogen) atoms. The Labute approximate surface area is 211 Å². The summed E-state index contributed by atoms with van der Waals surface area (Å²) in [5, 5.41) is 5.80. The van der Waals surface area contributed by atoms with E-state index in [4.69, 9.17) is 20.4 Å². The van der Waals surface area contributed by atoms with Crippen LogP contribution in [0.15, 0.2) is 112 Å². The third-order valence-corrected chi connectivity index (χ3v) is 6.06. The van der Waals surface area contributed by atoms with Crippen molar-refractivity contribution >= 4 is 51.1 Å². The maximum Gasteiger partial charge on any atom is 0.248 e. The van der Waals surface area contributed by atoms with Crippen LogP contribution in [0, 0.1) is 0 Å². The van der Waals surface area contributed by atoms with Crippen molar-refractivity contribution in [2.24, 2.45) is 0 Å². The number of nitrogens with one attached hydrogen (secondary N) is 1. The Hall–Kier alpha value is -4.61. The number of halogens is 1. The van der Waals surface area contributed by atoms with E-state index in [-0.39, 0.29) is 5.91 Å². The lowest BCUT2D eigenvalue weighted by atomic mass is 10.1. The zero-order valence-corrected chi connectivity index (χ0v) is 19.7. The fraction of sp³-hybridized carbons (Fsp3) is 0. The van der Waals surface area contributed by atoms with Crippen LogP contribution in [0.2, 0.25) is 5.02 Å². The van der Waals surface area contributed by atoms with Crippen molar-refractivity contribution in [3.8, 4) is 22.8 Å². The molecule has 0 aliphatic heterocycles. The lowest BCUT2D eigenvalue weighted by molar-refractivity contribution is -0.111. The molecular weight excluding hydrogens is 472 g/mol. The molecule has 0 aliphatic carbocycles. The fourth-order valence-electron chi connectivity index (χ4n) is 4.00. The molecule has 5 nitrogen and oxygen atoms in total. The first-order chi connectivity index (χ1) is 17.6. The molecule has 0 unspecified atom stereocenters. The highest BCUT2D eigenvalue weighted by Gasteiger charge is 2.10. The average molecular weight is 491 g/mol. The SMILES string of the molecule is O=C(/C=C/c1ccc(-c2ccc(Cl)cc2)o1)Nc1ccc2oc(-c3ccc4ccccc4c3)nc2c1. The van der Waals surface area contributed by atoms with Gasteiger partial charge in [0.2, 0.25) is 11.8 Å². The summed E-state index contributed by atoms with van der Waals surface area (Å²) in [6.07, 6.45) is 3.05. The maximum absolute atomic E-state index is 12.5. The summed E-state index contributed by atoms with van der Waals surface area (Å²) in [6, 6.07) is 30.7. The summed E-state index contributed by atoms with van der Waals surface area (Å²) in [4.78, 5) is 17.1. The van der Waals surface area contributed by atoms with Crippen LogP contribution in [0.3, 0.4) is 0 Å². The highest BCUT2D eigenvalue weighted by atomic mass is 35.5. The molecule has 174 valence electrons. The van der Waals surface area contributed by atoms with Crippen molar-refractivity contribution in [2.45, 2.75) is 0 Å². The predicted octanol–water partition coefficient (Wildman–Crippen LogP) is 8.21. The average Bonchev–Trinajstić information content (AvgIpc) is 3.55. The third-order valence-electron chi connectivity index (χ3n) is 5.81. The van der Waals surface area contributed by atoms with Crippen LogP contribution >= 0.6 is 11.6 Å². The van der Waals surface area contributed by atoms with Crippen molar-refractivity contribution in [1.82, 2.24) is 4.98 Å². The van der Waals surface area contributed by atoms with Crippen molar-refractivity contribution in [3.05, 3.63) is 114 Å². The Balaban J connectivity index is 1.16. The molecule has 0 fully saturated rings. The van der Waals surface area contributed by atoms with Crippen LogP contribution in [-0.2, 0) is 4.79 Å². The quantitative estimate of drug-likeness (QED) is 0.247. The largest absolute Gasteiger partial charge is 0.457 e. The number of hydrogen-bond donors (Lipinski definition) is 1. The maximum atomic E-state index is 12.5. The zero-order valence-electron chi connectivity index (χ0n) is 18.9. The first-order valence-electron chi connectivity index (χ1n) is 11.4. The zero-order chi connectivity index (χ0) is 24.5. The van der Waals surface area contributed by atoms with E-state index in [2.05, 4.69) is 34.6 Å². The molecule has 0 saturated carbocycles. The van der Waals surface area contributed by atoms with Gasteiger partial charge in [-0.1, -0.05) is 41.9 Å². The lowest BCUT2D eigenvalue weighted by Crippen LogP contribution is -2.07. The molecule has 0 saturated heterocycles. The van der Waals surface area contributed by atoms with E-state index in [1.807, 2.05) is 42.5 Å². The predicted molar refractivity (Wildman–Crippen MR) is 144 cm³/mol. The number of carbonyl (C=O) groups is 1. The van der Waals surface area contributed by atoms with Crippen LogP contribution in [0.4, 0.5) is 5.69 Å². The fourth-order valence-corrected chi connectivity index (χ4v) is 4.13. The second-order valence-electron chi connectivity index (χ2n) is 8.29. The van der Waals surface area contributed by atoms with Gasteiger partial charge >= 0.3 is 0 Å². The van der Waals surface area contributed by atoms with Crippen molar-refractivity contribution in [2.75, 3.05) is 5.32 Å². The van der Waals surface area contributed by atoms with Crippen molar-refractivity contribution in [3.63, 3.8) is 0 Å². The Kier molecular flexibility index (Phi) is 5.60. The summed E-state index contributed by atoms with van der Waals surface area (Å²) in [5.74, 6) is 1.53. The van der Waals surface area contributed by atoms with Crippen LogP contribution in [0.5, 0.6) is 0 Å². The minimum atomic E-state index is -0.281. The molecule has 0 bridgehead atoms. The number of aromatic nitrogens is 1. The number of amides is 1. The summed E-state index contributed by atoms with van der Waals surface area (Å²) in [6.45, 7) is 0. The van der Waals surface area contributed by atoms with Gasteiger partial charge in [-0.3, -0.25) is 4.79 Å². The Morgan fingerprint density at radius 3 is 2.47 bits per heavy atom. The molecular formula is C30H19ClN2O3. The van der Waals surface area contributed by atoms with Crippen LogP contribution < -0.4 is 5.32 Å². The molecule has 2 aromatic heterocycles. The number of oxazole rings is 1. The van der Waals surface area contributed by atoms with Gasteiger partial charge in [0.15, 0.2) is 5.58 Å². The van der Waals surface area contributed by atoms with Crippen molar-refractivity contribution < 1.29 is 13.6 Å². The second-order valence-corrected chi connectivity index (χ2v) is 8.73. The Bertz CT molecular complexity index is 1750. The van der Waals surface area contributed by atoms with Gasteiger partial charge in [-0.2, -0.15) is 0 Å². The molecule has 1 amide bonds. The topological polar surface area (TPSA) is 68.3 Å². The monoisotopic (exact) mass is 490 g/mol. The molecule has 2 heterocycles. The van der Waals surface area contributed by atoms with Gasteiger partial charge < -0.3 is 14.2 Å². The number of rotatable bonds is 5. The molecule has 0 radical (unpaired) electrons. The minimum absolute atomic E-state index is 0.281. The van der Waals surface area contributed by atoms with Gasteiger partial charge in [0.25, 0.3) is 0 Å². The van der Waals surface area contributed by atoms with E-state index in [0.717, 1.165) is 21.9 Å². The van der Waals surface area contributed by atoms with E-state index in [9.17, 15) is 4.79 Å². The van der Waals surface area contributed by atoms with E-state index < -0.39 is 0 Å². The first kappa shape index (κ1) is 21.9. The van der Waals surface area contributed by atoms with Gasteiger partial charge in [-0.25, -0.2) is 4.98 Å². The molecule has 4 aromatic carbocycles. The number of anilines is 1. The molecule has 0 spiro atoms. The lowest BCUT2D eigenvalue weighted by Gasteiger charge is -2.00. The number of furan rings is 1. The van der Waals surface area contributed by atoms with E-state index in [0.29, 0.717) is 39.2 Å². The van der Waals surface area contributed by atoms with Crippen LogP contribution in [0.1, 0.15) is 5.76 Å². The highest BCUT2D eigenvalue weighted by Crippen LogP contribution is 2.29. The standard InChI is InChI=1S/C30H19ClN2O3/c31-23-9-7-20(8-10-23)27-15-12-25(35-27)13-16-29(34)32-24-11-14-28-26(18-24)33-30(36-28)22-6-5-19-3-1-2-4-21(19)17-22/h1-18H,(H,32,34)/b16-13+. The summed E-state index contributed by atoms with van der Waals surface area (Å²) < 4.78 is 11.8. The van der Waals surface area contributed by atoms with E-state index >= 15 is 0 Å². The number of fused-ring (bicyclic) bond motifs is 2. The molecule has 0 aliphatic rings.